The number of nitrogens with zero attached hydrogens (tertiary/aromatic N) is 2. The molecule has 2 aliphatic rings. The fraction of sp³-hybridized carbons (Fsp3) is 0.320. The Kier molecular flexibility index (Phi) is 5.74. The van der Waals surface area contributed by atoms with Crippen LogP contribution in [-0.2, 0) is 17.3 Å². The van der Waals surface area contributed by atoms with Crippen LogP contribution in [0.15, 0.2) is 65.7 Å². The highest BCUT2D eigenvalue weighted by Crippen LogP contribution is 2.38. The molecule has 5 nitrogen and oxygen atoms in total. The van der Waals surface area contributed by atoms with E-state index in [0.717, 1.165) is 47.2 Å². The van der Waals surface area contributed by atoms with Gasteiger partial charge in [0.15, 0.2) is 11.5 Å². The molecule has 1 fully saturated rings. The Morgan fingerprint density at radius 1 is 1.03 bits per heavy atom. The molecule has 3 heterocycles. The van der Waals surface area contributed by atoms with Crippen LogP contribution in [0, 0.1) is 0 Å². The van der Waals surface area contributed by atoms with Crippen molar-refractivity contribution in [3.05, 3.63) is 71.9 Å². The number of ether oxygens (including phenoxy) is 2. The van der Waals surface area contributed by atoms with Crippen molar-refractivity contribution in [2.75, 3.05) is 26.0 Å². The van der Waals surface area contributed by atoms with E-state index in [1.807, 2.05) is 36.5 Å². The molecule has 2 unspecified atom stereocenters. The molecule has 0 N–H and O–H groups in total. The molecule has 2 aliphatic heterocycles. The summed E-state index contributed by atoms with van der Waals surface area (Å²) in [6.45, 7) is 3.19. The van der Waals surface area contributed by atoms with E-state index in [9.17, 15) is 4.21 Å². The van der Waals surface area contributed by atoms with Gasteiger partial charge < -0.3 is 9.47 Å². The Bertz CT molecular complexity index is 1080. The van der Waals surface area contributed by atoms with Gasteiger partial charge >= 0.3 is 0 Å². The summed E-state index contributed by atoms with van der Waals surface area (Å²) in [6, 6.07) is 18.8. The molecule has 0 radical (unpaired) electrons. The normalized spacial score (nSPS) is 19.3. The molecule has 2 atom stereocenters. The molecule has 160 valence electrons. The lowest BCUT2D eigenvalue weighted by Gasteiger charge is -2.26. The van der Waals surface area contributed by atoms with Gasteiger partial charge in [-0.15, -0.1) is 0 Å². The summed E-state index contributed by atoms with van der Waals surface area (Å²) in [5.41, 5.74) is 4.47. The van der Waals surface area contributed by atoms with Gasteiger partial charge in [-0.25, -0.2) is 0 Å². The molecular weight excluding hydrogens is 408 g/mol. The summed E-state index contributed by atoms with van der Waals surface area (Å²) in [4.78, 5) is 8.04. The van der Waals surface area contributed by atoms with Crippen molar-refractivity contribution in [2.45, 2.75) is 30.3 Å². The number of fused-ring (bicyclic) bond motifs is 1. The first-order chi connectivity index (χ1) is 15.2. The number of hydrogen-bond acceptors (Lipinski definition) is 5. The summed E-state index contributed by atoms with van der Waals surface area (Å²) in [6.07, 6.45) is 6.01. The van der Waals surface area contributed by atoms with Gasteiger partial charge in [0.05, 0.1) is 5.69 Å². The van der Waals surface area contributed by atoms with Crippen molar-refractivity contribution in [2.24, 2.45) is 0 Å². The first kappa shape index (κ1) is 20.2. The van der Waals surface area contributed by atoms with Crippen molar-refractivity contribution in [1.82, 2.24) is 9.88 Å². The van der Waals surface area contributed by atoms with E-state index >= 15 is 0 Å². The van der Waals surface area contributed by atoms with Crippen LogP contribution in [0.2, 0.25) is 0 Å². The largest absolute Gasteiger partial charge is 0.486 e. The number of likely N-dealkylation sites (tertiary alicyclic amines) is 1. The van der Waals surface area contributed by atoms with Crippen molar-refractivity contribution in [3.63, 3.8) is 0 Å². The van der Waals surface area contributed by atoms with Crippen LogP contribution < -0.4 is 9.47 Å². The van der Waals surface area contributed by atoms with E-state index in [1.54, 1.807) is 6.26 Å². The van der Waals surface area contributed by atoms with Crippen LogP contribution in [0.25, 0.3) is 11.3 Å². The highest BCUT2D eigenvalue weighted by atomic mass is 32.2. The Morgan fingerprint density at radius 2 is 1.84 bits per heavy atom. The highest BCUT2D eigenvalue weighted by molar-refractivity contribution is 7.84. The molecular formula is C25H26N2O3S. The molecule has 5 rings (SSSR count). The Hall–Kier alpha value is -2.70. The van der Waals surface area contributed by atoms with Crippen molar-refractivity contribution in [1.29, 1.82) is 0 Å². The Labute approximate surface area is 185 Å². The van der Waals surface area contributed by atoms with Gasteiger partial charge in [0.2, 0.25) is 0 Å². The average molecular weight is 435 g/mol. The van der Waals surface area contributed by atoms with Crippen LogP contribution in [0.3, 0.4) is 0 Å². The van der Waals surface area contributed by atoms with E-state index in [-0.39, 0.29) is 0 Å². The molecule has 1 aromatic heterocycles. The van der Waals surface area contributed by atoms with Gasteiger partial charge in [-0.1, -0.05) is 24.3 Å². The minimum absolute atomic E-state index is 0.387. The van der Waals surface area contributed by atoms with Gasteiger partial charge in [0.25, 0.3) is 0 Å². The van der Waals surface area contributed by atoms with Crippen molar-refractivity contribution >= 4 is 10.8 Å². The minimum atomic E-state index is -0.961. The van der Waals surface area contributed by atoms with Crippen LogP contribution in [0.1, 0.15) is 30.0 Å². The second-order valence-corrected chi connectivity index (χ2v) is 9.44. The summed E-state index contributed by atoms with van der Waals surface area (Å²) in [5.74, 6) is 1.71. The van der Waals surface area contributed by atoms with E-state index in [2.05, 4.69) is 34.1 Å². The predicted molar refractivity (Wildman–Crippen MR) is 122 cm³/mol. The third-order valence-electron chi connectivity index (χ3n) is 6.01. The van der Waals surface area contributed by atoms with Crippen molar-refractivity contribution in [3.8, 4) is 22.8 Å². The smallest absolute Gasteiger partial charge is 0.161 e. The van der Waals surface area contributed by atoms with Gasteiger partial charge in [-0.05, 0) is 60.8 Å². The van der Waals surface area contributed by atoms with Gasteiger partial charge in [-0.2, -0.15) is 0 Å². The van der Waals surface area contributed by atoms with Crippen molar-refractivity contribution < 1.29 is 13.7 Å². The van der Waals surface area contributed by atoms with Crippen LogP contribution >= 0.6 is 0 Å². The zero-order valence-electron chi connectivity index (χ0n) is 17.6. The second-order valence-electron chi connectivity index (χ2n) is 8.06. The first-order valence-corrected chi connectivity index (χ1v) is 12.3. The van der Waals surface area contributed by atoms with Crippen LogP contribution in [0.4, 0.5) is 0 Å². The number of aromatic nitrogens is 1. The molecule has 1 saturated heterocycles. The molecule has 2 aromatic carbocycles. The maximum Gasteiger partial charge on any atom is 0.161 e. The second kappa shape index (κ2) is 8.81. The molecule has 3 aromatic rings. The molecule has 0 aliphatic carbocycles. The number of pyridine rings is 1. The molecule has 6 heteroatoms. The molecule has 0 saturated carbocycles. The van der Waals surface area contributed by atoms with Gasteiger partial charge in [0.1, 0.15) is 13.2 Å². The van der Waals surface area contributed by atoms with E-state index in [1.165, 1.54) is 17.5 Å². The zero-order chi connectivity index (χ0) is 21.2. The summed E-state index contributed by atoms with van der Waals surface area (Å²) in [7, 11) is -0.961. The summed E-state index contributed by atoms with van der Waals surface area (Å²) < 4.78 is 23.0. The van der Waals surface area contributed by atoms with E-state index < -0.39 is 10.8 Å². The highest BCUT2D eigenvalue weighted by Gasteiger charge is 2.27. The number of hydrogen-bond donors (Lipinski definition) is 0. The maximum absolute atomic E-state index is 11.6. The maximum atomic E-state index is 11.6. The predicted octanol–water partition coefficient (Wildman–Crippen LogP) is 4.59. The van der Waals surface area contributed by atoms with E-state index in [4.69, 9.17) is 9.47 Å². The van der Waals surface area contributed by atoms with Crippen LogP contribution in [0.5, 0.6) is 11.5 Å². The third kappa shape index (κ3) is 4.36. The lowest BCUT2D eigenvalue weighted by molar-refractivity contribution is 0.170. The van der Waals surface area contributed by atoms with Gasteiger partial charge in [0, 0.05) is 46.3 Å². The fourth-order valence-corrected chi connectivity index (χ4v) is 4.92. The van der Waals surface area contributed by atoms with E-state index in [0.29, 0.717) is 19.3 Å². The zero-order valence-corrected chi connectivity index (χ0v) is 18.4. The monoisotopic (exact) mass is 434 g/mol. The Balaban J connectivity index is 1.29. The third-order valence-corrected chi connectivity index (χ3v) is 6.94. The lowest BCUT2D eigenvalue weighted by Crippen LogP contribution is -2.23. The standard InChI is InChI=1S/C25H26N2O3S/c1-31(28)21-8-5-19(6-9-21)22-10-4-18(16-26-22)17-27-12-2-3-23(27)20-7-11-24-25(15-20)30-14-13-29-24/h4-11,15-16,23H,2-3,12-14,17H2,1H3. The SMILES string of the molecule is CS(=O)c1ccc(-c2ccc(CN3CCCC3c3ccc4c(c3)OCCO4)cn2)cc1. The van der Waals surface area contributed by atoms with Crippen LogP contribution in [-0.4, -0.2) is 40.1 Å². The molecule has 0 amide bonds. The van der Waals surface area contributed by atoms with Gasteiger partial charge in [-0.3, -0.25) is 14.1 Å². The quantitative estimate of drug-likeness (QED) is 0.588. The number of benzene rings is 2. The average Bonchev–Trinajstić information content (AvgIpc) is 3.27. The fourth-order valence-electron chi connectivity index (χ4n) is 4.40. The first-order valence-electron chi connectivity index (χ1n) is 10.7. The summed E-state index contributed by atoms with van der Waals surface area (Å²) in [5, 5.41) is 0. The Morgan fingerprint density at radius 3 is 2.58 bits per heavy atom. The topological polar surface area (TPSA) is 51.7 Å². The molecule has 0 bridgehead atoms. The molecule has 31 heavy (non-hydrogen) atoms. The summed E-state index contributed by atoms with van der Waals surface area (Å²) >= 11 is 0. The lowest BCUT2D eigenvalue weighted by atomic mass is 10.0. The minimum Gasteiger partial charge on any atom is -0.486 e. The molecule has 0 spiro atoms. The number of rotatable bonds is 5.